The Kier molecular flexibility index (Phi) is 7.70. The molecule has 1 heterocycles. The van der Waals surface area contributed by atoms with Gasteiger partial charge in [-0.15, -0.1) is 0 Å². The van der Waals surface area contributed by atoms with E-state index in [-0.39, 0.29) is 23.8 Å². The lowest BCUT2D eigenvalue weighted by molar-refractivity contribution is -0.130. The highest BCUT2D eigenvalue weighted by Crippen LogP contribution is 2.29. The van der Waals surface area contributed by atoms with Crippen LogP contribution in [0.15, 0.2) is 54.6 Å². The maximum Gasteiger partial charge on any atom is 0.246 e. The Labute approximate surface area is 183 Å². The van der Waals surface area contributed by atoms with Gasteiger partial charge in [0.1, 0.15) is 0 Å². The van der Waals surface area contributed by atoms with Crippen molar-refractivity contribution in [2.45, 2.75) is 32.8 Å². The molecule has 0 aliphatic carbocycles. The number of carbonyl (C=O) groups is 2. The van der Waals surface area contributed by atoms with Crippen molar-refractivity contribution in [2.75, 3.05) is 25.5 Å². The lowest BCUT2D eigenvalue weighted by atomic mass is 9.97. The standard InChI is InChI=1S/C25H30N2O4/c1-18(2)31-22-13-11-19(16-23(22)30-3)12-14-24(28)27-15-7-8-20(17-27)25(29)26-21-9-5-4-6-10-21/h4-6,9-14,16,18,20H,7-8,15,17H2,1-3H3,(H,26,29)/b14-12+. The average Bonchev–Trinajstić information content (AvgIpc) is 2.78. The molecule has 164 valence electrons. The van der Waals surface area contributed by atoms with Crippen molar-refractivity contribution in [3.63, 3.8) is 0 Å². The van der Waals surface area contributed by atoms with Crippen LogP contribution in [-0.2, 0) is 9.59 Å². The molecule has 3 rings (SSSR count). The number of nitrogens with zero attached hydrogens (tertiary/aromatic N) is 1. The summed E-state index contributed by atoms with van der Waals surface area (Å²) in [6, 6.07) is 15.0. The van der Waals surface area contributed by atoms with E-state index in [0.29, 0.717) is 24.6 Å². The summed E-state index contributed by atoms with van der Waals surface area (Å²) in [5, 5.41) is 2.94. The number of carbonyl (C=O) groups excluding carboxylic acids is 2. The quantitative estimate of drug-likeness (QED) is 0.673. The van der Waals surface area contributed by atoms with Crippen molar-refractivity contribution in [2.24, 2.45) is 5.92 Å². The second-order valence-electron chi connectivity index (χ2n) is 7.89. The van der Waals surface area contributed by atoms with Crippen molar-refractivity contribution in [1.82, 2.24) is 4.90 Å². The molecule has 2 amide bonds. The highest BCUT2D eigenvalue weighted by Gasteiger charge is 2.27. The van der Waals surface area contributed by atoms with Crippen LogP contribution in [0.2, 0.25) is 0 Å². The number of ether oxygens (including phenoxy) is 2. The summed E-state index contributed by atoms with van der Waals surface area (Å²) in [5.74, 6) is 0.943. The summed E-state index contributed by atoms with van der Waals surface area (Å²) in [5.41, 5.74) is 1.62. The zero-order chi connectivity index (χ0) is 22.2. The van der Waals surface area contributed by atoms with Gasteiger partial charge in [0.15, 0.2) is 11.5 Å². The monoisotopic (exact) mass is 422 g/mol. The van der Waals surface area contributed by atoms with Crippen molar-refractivity contribution < 1.29 is 19.1 Å². The van der Waals surface area contributed by atoms with Gasteiger partial charge in [0.2, 0.25) is 11.8 Å². The SMILES string of the molecule is COc1cc(/C=C/C(=O)N2CCCC(C(=O)Nc3ccccc3)C2)ccc1OC(C)C. The van der Waals surface area contributed by atoms with Gasteiger partial charge in [-0.1, -0.05) is 24.3 Å². The number of likely N-dealkylation sites (tertiary alicyclic amines) is 1. The van der Waals surface area contributed by atoms with E-state index in [1.807, 2.05) is 62.4 Å². The number of hydrogen-bond acceptors (Lipinski definition) is 4. The normalized spacial score (nSPS) is 16.4. The summed E-state index contributed by atoms with van der Waals surface area (Å²) < 4.78 is 11.1. The summed E-state index contributed by atoms with van der Waals surface area (Å²) >= 11 is 0. The Balaban J connectivity index is 1.60. The third-order valence-electron chi connectivity index (χ3n) is 5.11. The van der Waals surface area contributed by atoms with Gasteiger partial charge < -0.3 is 19.7 Å². The summed E-state index contributed by atoms with van der Waals surface area (Å²) in [7, 11) is 1.59. The molecule has 1 fully saturated rings. The first-order valence-corrected chi connectivity index (χ1v) is 10.6. The Hall–Kier alpha value is -3.28. The van der Waals surface area contributed by atoms with E-state index < -0.39 is 0 Å². The van der Waals surface area contributed by atoms with Crippen LogP contribution < -0.4 is 14.8 Å². The predicted molar refractivity (Wildman–Crippen MR) is 122 cm³/mol. The van der Waals surface area contributed by atoms with Gasteiger partial charge in [-0.05, 0) is 62.6 Å². The van der Waals surface area contributed by atoms with E-state index in [9.17, 15) is 9.59 Å². The van der Waals surface area contributed by atoms with Crippen LogP contribution in [0, 0.1) is 5.92 Å². The fourth-order valence-corrected chi connectivity index (χ4v) is 3.57. The summed E-state index contributed by atoms with van der Waals surface area (Å²) in [6.07, 6.45) is 4.94. The van der Waals surface area contributed by atoms with Gasteiger partial charge in [-0.3, -0.25) is 9.59 Å². The van der Waals surface area contributed by atoms with Crippen LogP contribution in [0.1, 0.15) is 32.3 Å². The molecule has 1 aliphatic heterocycles. The smallest absolute Gasteiger partial charge is 0.246 e. The van der Waals surface area contributed by atoms with Gasteiger partial charge >= 0.3 is 0 Å². The number of para-hydroxylation sites is 1. The lowest BCUT2D eigenvalue weighted by Crippen LogP contribution is -2.43. The third kappa shape index (κ3) is 6.35. The van der Waals surface area contributed by atoms with Crippen LogP contribution in [0.3, 0.4) is 0 Å². The molecule has 2 aromatic rings. The highest BCUT2D eigenvalue weighted by atomic mass is 16.5. The average molecular weight is 423 g/mol. The molecule has 0 aromatic heterocycles. The van der Waals surface area contributed by atoms with Crippen LogP contribution in [0.25, 0.3) is 6.08 Å². The van der Waals surface area contributed by atoms with Crippen LogP contribution in [-0.4, -0.2) is 43.0 Å². The van der Waals surface area contributed by atoms with Gasteiger partial charge in [0.25, 0.3) is 0 Å². The molecule has 0 radical (unpaired) electrons. The van der Waals surface area contributed by atoms with Crippen molar-refractivity contribution in [1.29, 1.82) is 0 Å². The molecule has 1 unspecified atom stereocenters. The van der Waals surface area contributed by atoms with Gasteiger partial charge in [0.05, 0.1) is 19.1 Å². The number of methoxy groups -OCH3 is 1. The predicted octanol–water partition coefficient (Wildman–Crippen LogP) is 4.37. The Bertz CT molecular complexity index is 924. The molecule has 6 heteroatoms. The van der Waals surface area contributed by atoms with Crippen molar-refractivity contribution in [3.8, 4) is 11.5 Å². The topological polar surface area (TPSA) is 67.9 Å². The van der Waals surface area contributed by atoms with E-state index in [1.165, 1.54) is 0 Å². The minimum absolute atomic E-state index is 0.0434. The van der Waals surface area contributed by atoms with E-state index in [2.05, 4.69) is 5.32 Å². The van der Waals surface area contributed by atoms with Gasteiger partial charge in [-0.2, -0.15) is 0 Å². The number of nitrogens with one attached hydrogen (secondary N) is 1. The maximum atomic E-state index is 12.7. The molecule has 0 saturated carbocycles. The van der Waals surface area contributed by atoms with E-state index in [0.717, 1.165) is 24.1 Å². The molecule has 0 spiro atoms. The minimum atomic E-state index is -0.209. The van der Waals surface area contributed by atoms with Crippen LogP contribution in [0.5, 0.6) is 11.5 Å². The van der Waals surface area contributed by atoms with Crippen LogP contribution >= 0.6 is 0 Å². The number of amides is 2. The molecule has 6 nitrogen and oxygen atoms in total. The number of benzene rings is 2. The molecule has 31 heavy (non-hydrogen) atoms. The fraction of sp³-hybridized carbons (Fsp3) is 0.360. The second kappa shape index (κ2) is 10.7. The van der Waals surface area contributed by atoms with Crippen LogP contribution in [0.4, 0.5) is 5.69 Å². The molecule has 1 N–H and O–H groups in total. The molecule has 1 atom stereocenters. The summed E-state index contributed by atoms with van der Waals surface area (Å²) in [4.78, 5) is 27.1. The van der Waals surface area contributed by atoms with E-state index in [1.54, 1.807) is 24.2 Å². The zero-order valence-corrected chi connectivity index (χ0v) is 18.3. The van der Waals surface area contributed by atoms with Crippen molar-refractivity contribution in [3.05, 3.63) is 60.2 Å². The molecular weight excluding hydrogens is 392 g/mol. The first-order valence-electron chi connectivity index (χ1n) is 10.6. The first-order chi connectivity index (χ1) is 15.0. The zero-order valence-electron chi connectivity index (χ0n) is 18.3. The molecular formula is C25H30N2O4. The Morgan fingerprint density at radius 2 is 1.90 bits per heavy atom. The second-order valence-corrected chi connectivity index (χ2v) is 7.89. The Morgan fingerprint density at radius 3 is 2.61 bits per heavy atom. The van der Waals surface area contributed by atoms with E-state index >= 15 is 0 Å². The molecule has 2 aromatic carbocycles. The number of piperidine rings is 1. The first kappa shape index (κ1) is 22.4. The minimum Gasteiger partial charge on any atom is -0.493 e. The third-order valence-corrected chi connectivity index (χ3v) is 5.11. The largest absolute Gasteiger partial charge is 0.493 e. The maximum absolute atomic E-state index is 12.7. The van der Waals surface area contributed by atoms with Crippen molar-refractivity contribution >= 4 is 23.6 Å². The highest BCUT2D eigenvalue weighted by molar-refractivity contribution is 5.95. The van der Waals surface area contributed by atoms with Gasteiger partial charge in [-0.25, -0.2) is 0 Å². The van der Waals surface area contributed by atoms with E-state index in [4.69, 9.17) is 9.47 Å². The Morgan fingerprint density at radius 1 is 1.13 bits per heavy atom. The molecule has 0 bridgehead atoms. The number of anilines is 1. The molecule has 1 aliphatic rings. The molecule has 1 saturated heterocycles. The fourth-order valence-electron chi connectivity index (χ4n) is 3.57. The lowest BCUT2D eigenvalue weighted by Gasteiger charge is -2.31. The number of hydrogen-bond donors (Lipinski definition) is 1. The summed E-state index contributed by atoms with van der Waals surface area (Å²) in [6.45, 7) is 4.99. The van der Waals surface area contributed by atoms with Gasteiger partial charge in [0, 0.05) is 24.9 Å². The number of rotatable bonds is 7.